The third-order valence-electron chi connectivity index (χ3n) is 4.65. The van der Waals surface area contributed by atoms with Crippen LogP contribution >= 0.6 is 0 Å². The van der Waals surface area contributed by atoms with E-state index in [1.807, 2.05) is 30.1 Å². The lowest BCUT2D eigenvalue weighted by atomic mass is 10.0. The van der Waals surface area contributed by atoms with Gasteiger partial charge in [-0.3, -0.25) is 14.6 Å². The summed E-state index contributed by atoms with van der Waals surface area (Å²) >= 11 is 0. The number of aromatic nitrogens is 3. The van der Waals surface area contributed by atoms with E-state index in [0.717, 1.165) is 38.3 Å². The Labute approximate surface area is 136 Å². The van der Waals surface area contributed by atoms with Crippen molar-refractivity contribution in [3.05, 3.63) is 42.5 Å². The molecule has 0 aromatic carbocycles. The van der Waals surface area contributed by atoms with Gasteiger partial charge in [0, 0.05) is 50.7 Å². The fraction of sp³-hybridized carbons (Fsp3) is 0.529. The van der Waals surface area contributed by atoms with E-state index in [9.17, 15) is 0 Å². The van der Waals surface area contributed by atoms with Crippen molar-refractivity contribution in [3.63, 3.8) is 0 Å². The zero-order valence-electron chi connectivity index (χ0n) is 13.3. The van der Waals surface area contributed by atoms with Crippen LogP contribution in [0.2, 0.25) is 0 Å². The van der Waals surface area contributed by atoms with Crippen molar-refractivity contribution >= 4 is 0 Å². The van der Waals surface area contributed by atoms with Crippen LogP contribution in [0.25, 0.3) is 0 Å². The topological polar surface area (TPSA) is 52.4 Å². The van der Waals surface area contributed by atoms with E-state index in [4.69, 9.17) is 9.47 Å². The number of pyridine rings is 1. The number of hydrogen-bond donors (Lipinski definition) is 0. The van der Waals surface area contributed by atoms with Crippen molar-refractivity contribution < 1.29 is 9.47 Å². The van der Waals surface area contributed by atoms with Gasteiger partial charge in [0.1, 0.15) is 18.0 Å². The summed E-state index contributed by atoms with van der Waals surface area (Å²) in [5.41, 5.74) is 1.24. The van der Waals surface area contributed by atoms with Gasteiger partial charge in [0.25, 0.3) is 0 Å². The second-order valence-corrected chi connectivity index (χ2v) is 6.34. The molecule has 3 atom stereocenters. The van der Waals surface area contributed by atoms with Crippen LogP contribution in [0.4, 0.5) is 0 Å². The lowest BCUT2D eigenvalue weighted by Crippen LogP contribution is -2.42. The highest BCUT2D eigenvalue weighted by Gasteiger charge is 2.45. The molecule has 4 rings (SSSR count). The number of rotatable bonds is 4. The molecule has 0 saturated carbocycles. The van der Waals surface area contributed by atoms with E-state index in [0.29, 0.717) is 6.04 Å². The molecule has 0 aliphatic carbocycles. The summed E-state index contributed by atoms with van der Waals surface area (Å²) in [6.07, 6.45) is 10.0. The third kappa shape index (κ3) is 3.09. The summed E-state index contributed by atoms with van der Waals surface area (Å²) in [5.74, 6) is 0.814. The van der Waals surface area contributed by atoms with E-state index >= 15 is 0 Å². The Morgan fingerprint density at radius 1 is 1.39 bits per heavy atom. The lowest BCUT2D eigenvalue weighted by Gasteiger charge is -2.32. The first-order chi connectivity index (χ1) is 11.3. The molecule has 2 fully saturated rings. The smallest absolute Gasteiger partial charge is 0.139 e. The Morgan fingerprint density at radius 2 is 2.35 bits per heavy atom. The fourth-order valence-corrected chi connectivity index (χ4v) is 3.67. The molecular formula is C17H22N4O2. The molecule has 23 heavy (non-hydrogen) atoms. The summed E-state index contributed by atoms with van der Waals surface area (Å²) < 4.78 is 14.1. The molecule has 2 aromatic heterocycles. The van der Waals surface area contributed by atoms with Crippen LogP contribution in [0.3, 0.4) is 0 Å². The Bertz CT molecular complexity index is 645. The van der Waals surface area contributed by atoms with Gasteiger partial charge in [-0.05, 0) is 25.0 Å². The minimum absolute atomic E-state index is 0.0566. The van der Waals surface area contributed by atoms with Gasteiger partial charge in [-0.2, -0.15) is 5.10 Å². The second kappa shape index (κ2) is 6.29. The van der Waals surface area contributed by atoms with Gasteiger partial charge in [0.2, 0.25) is 0 Å². The molecule has 0 unspecified atom stereocenters. The van der Waals surface area contributed by atoms with E-state index < -0.39 is 0 Å². The molecule has 0 radical (unpaired) electrons. The molecule has 2 aromatic rings. The van der Waals surface area contributed by atoms with Crippen LogP contribution in [0.5, 0.6) is 5.75 Å². The molecule has 0 spiro atoms. The Balaban J connectivity index is 1.49. The molecule has 0 amide bonds. The average molecular weight is 314 g/mol. The number of hydrogen-bond acceptors (Lipinski definition) is 5. The maximum Gasteiger partial charge on any atom is 0.139 e. The van der Waals surface area contributed by atoms with Gasteiger partial charge in [0.05, 0.1) is 12.4 Å². The van der Waals surface area contributed by atoms with Gasteiger partial charge in [-0.1, -0.05) is 0 Å². The van der Waals surface area contributed by atoms with Crippen molar-refractivity contribution in [1.29, 1.82) is 0 Å². The summed E-state index contributed by atoms with van der Waals surface area (Å²) in [5, 5.41) is 4.27. The third-order valence-corrected chi connectivity index (χ3v) is 4.65. The number of fused-ring (bicyclic) bond motifs is 1. The molecule has 2 aliphatic heterocycles. The van der Waals surface area contributed by atoms with Crippen molar-refractivity contribution in [3.8, 4) is 5.75 Å². The van der Waals surface area contributed by atoms with Crippen LogP contribution in [0.1, 0.15) is 18.4 Å². The monoisotopic (exact) mass is 314 g/mol. The maximum atomic E-state index is 6.17. The summed E-state index contributed by atoms with van der Waals surface area (Å²) in [6.45, 7) is 2.60. The lowest BCUT2D eigenvalue weighted by molar-refractivity contribution is -0.0472. The van der Waals surface area contributed by atoms with Crippen LogP contribution in [0, 0.1) is 0 Å². The van der Waals surface area contributed by atoms with Gasteiger partial charge in [-0.15, -0.1) is 0 Å². The minimum atomic E-state index is 0.0566. The summed E-state index contributed by atoms with van der Waals surface area (Å²) in [6, 6.07) is 4.27. The zero-order valence-corrected chi connectivity index (χ0v) is 13.3. The molecule has 122 valence electrons. The van der Waals surface area contributed by atoms with Gasteiger partial charge in [-0.25, -0.2) is 0 Å². The Morgan fingerprint density at radius 3 is 3.13 bits per heavy atom. The van der Waals surface area contributed by atoms with Crippen LogP contribution in [-0.4, -0.2) is 51.1 Å². The van der Waals surface area contributed by atoms with Crippen molar-refractivity contribution in [2.45, 2.75) is 37.6 Å². The first-order valence-corrected chi connectivity index (χ1v) is 8.19. The number of ether oxygens (including phenoxy) is 2. The van der Waals surface area contributed by atoms with Crippen molar-refractivity contribution in [1.82, 2.24) is 19.7 Å². The van der Waals surface area contributed by atoms with Crippen molar-refractivity contribution in [2.24, 2.45) is 7.05 Å². The molecule has 0 N–H and O–H groups in total. The highest BCUT2D eigenvalue weighted by atomic mass is 16.5. The maximum absolute atomic E-state index is 6.17. The SMILES string of the molecule is Cn1cc(CN2C[C@H](Oc3cccnc3)[C@H]3OCCC[C@@H]32)cn1. The summed E-state index contributed by atoms with van der Waals surface area (Å²) in [7, 11) is 1.95. The Kier molecular flexibility index (Phi) is 4.01. The van der Waals surface area contributed by atoms with E-state index in [1.165, 1.54) is 5.56 Å². The summed E-state index contributed by atoms with van der Waals surface area (Å²) in [4.78, 5) is 6.60. The van der Waals surface area contributed by atoms with Gasteiger partial charge < -0.3 is 9.47 Å². The first-order valence-electron chi connectivity index (χ1n) is 8.19. The van der Waals surface area contributed by atoms with E-state index in [-0.39, 0.29) is 12.2 Å². The standard InChI is InChI=1S/C17H22N4O2/c1-20-10-13(8-19-20)11-21-12-16(17-15(21)5-3-7-22-17)23-14-4-2-6-18-9-14/h2,4,6,8-10,15-17H,3,5,7,11-12H2,1H3/t15-,16-,17-/m0/s1. The highest BCUT2D eigenvalue weighted by Crippen LogP contribution is 2.32. The number of aryl methyl sites for hydroxylation is 1. The predicted octanol–water partition coefficient (Wildman–Crippen LogP) is 1.63. The van der Waals surface area contributed by atoms with Gasteiger partial charge >= 0.3 is 0 Å². The van der Waals surface area contributed by atoms with E-state index in [2.05, 4.69) is 21.2 Å². The van der Waals surface area contributed by atoms with E-state index in [1.54, 1.807) is 12.4 Å². The molecule has 0 bridgehead atoms. The molecular weight excluding hydrogens is 292 g/mol. The van der Waals surface area contributed by atoms with Crippen molar-refractivity contribution in [2.75, 3.05) is 13.2 Å². The van der Waals surface area contributed by atoms with Crippen LogP contribution in [0.15, 0.2) is 36.9 Å². The average Bonchev–Trinajstić information content (AvgIpc) is 3.14. The zero-order chi connectivity index (χ0) is 15.6. The molecule has 6 heteroatoms. The fourth-order valence-electron chi connectivity index (χ4n) is 3.67. The first kappa shape index (κ1) is 14.7. The normalized spacial score (nSPS) is 27.8. The highest BCUT2D eigenvalue weighted by molar-refractivity contribution is 5.17. The number of nitrogens with zero attached hydrogens (tertiary/aromatic N) is 4. The molecule has 2 aliphatic rings. The molecule has 2 saturated heterocycles. The predicted molar refractivity (Wildman–Crippen MR) is 85.0 cm³/mol. The number of likely N-dealkylation sites (tertiary alicyclic amines) is 1. The molecule has 6 nitrogen and oxygen atoms in total. The Hall–Kier alpha value is -1.92. The quantitative estimate of drug-likeness (QED) is 0.858. The van der Waals surface area contributed by atoms with Crippen LogP contribution < -0.4 is 4.74 Å². The second-order valence-electron chi connectivity index (χ2n) is 6.34. The van der Waals surface area contributed by atoms with Crippen LogP contribution in [-0.2, 0) is 18.3 Å². The molecule has 4 heterocycles. The van der Waals surface area contributed by atoms with Gasteiger partial charge in [0.15, 0.2) is 0 Å². The largest absolute Gasteiger partial charge is 0.485 e. The minimum Gasteiger partial charge on any atom is -0.485 e.